The molecule has 0 radical (unpaired) electrons. The minimum Gasteiger partial charge on any atom is -0.493 e. The van der Waals surface area contributed by atoms with E-state index >= 15 is 0 Å². The van der Waals surface area contributed by atoms with Gasteiger partial charge in [0, 0.05) is 11.6 Å². The Hall–Kier alpha value is -1.02. The van der Waals surface area contributed by atoms with Crippen LogP contribution in [0.25, 0.3) is 0 Å². The first kappa shape index (κ1) is 14.9. The second-order valence-corrected chi connectivity index (χ2v) is 7.23. The van der Waals surface area contributed by atoms with Crippen molar-refractivity contribution in [1.82, 2.24) is 0 Å². The monoisotopic (exact) mass is 287 g/mol. The first-order chi connectivity index (χ1) is 10.2. The molecule has 0 saturated heterocycles. The van der Waals surface area contributed by atoms with E-state index in [0.29, 0.717) is 5.92 Å². The van der Waals surface area contributed by atoms with E-state index in [9.17, 15) is 0 Å². The van der Waals surface area contributed by atoms with Gasteiger partial charge in [-0.1, -0.05) is 32.0 Å². The minimum absolute atomic E-state index is 0.145. The van der Waals surface area contributed by atoms with Gasteiger partial charge in [0.15, 0.2) is 0 Å². The van der Waals surface area contributed by atoms with E-state index in [0.717, 1.165) is 37.0 Å². The van der Waals surface area contributed by atoms with Crippen LogP contribution in [0.3, 0.4) is 0 Å². The van der Waals surface area contributed by atoms with E-state index < -0.39 is 0 Å². The Bertz CT molecular complexity index is 474. The van der Waals surface area contributed by atoms with Crippen molar-refractivity contribution >= 4 is 0 Å². The maximum atomic E-state index is 6.64. The molecule has 1 heterocycles. The average molecular weight is 287 g/mol. The Balaban J connectivity index is 1.73. The van der Waals surface area contributed by atoms with Gasteiger partial charge < -0.3 is 10.5 Å². The number of hydrogen-bond acceptors (Lipinski definition) is 2. The lowest BCUT2D eigenvalue weighted by molar-refractivity contribution is 0.200. The van der Waals surface area contributed by atoms with Crippen LogP contribution in [-0.4, -0.2) is 6.61 Å². The third-order valence-corrected chi connectivity index (χ3v) is 5.59. The fraction of sp³-hybridized carbons (Fsp3) is 0.684. The Labute approximate surface area is 129 Å². The van der Waals surface area contributed by atoms with Crippen LogP contribution >= 0.6 is 0 Å². The normalized spacial score (nSPS) is 27.0. The van der Waals surface area contributed by atoms with Crippen LogP contribution in [-0.2, 0) is 6.42 Å². The molecule has 0 aromatic heterocycles. The second-order valence-electron chi connectivity index (χ2n) is 7.23. The molecule has 2 heteroatoms. The molecular weight excluding hydrogens is 258 g/mol. The van der Waals surface area contributed by atoms with Crippen LogP contribution in [0.4, 0.5) is 0 Å². The van der Waals surface area contributed by atoms with Crippen molar-refractivity contribution in [2.45, 2.75) is 58.4 Å². The number of para-hydroxylation sites is 1. The molecule has 2 nitrogen and oxygen atoms in total. The van der Waals surface area contributed by atoms with Gasteiger partial charge in [-0.25, -0.2) is 0 Å². The number of nitrogens with two attached hydrogens (primary N) is 1. The third-order valence-electron chi connectivity index (χ3n) is 5.59. The van der Waals surface area contributed by atoms with Gasteiger partial charge in [-0.3, -0.25) is 0 Å². The number of rotatable bonds is 3. The van der Waals surface area contributed by atoms with E-state index in [1.54, 1.807) is 0 Å². The van der Waals surface area contributed by atoms with E-state index in [4.69, 9.17) is 10.5 Å². The molecule has 1 aromatic rings. The summed E-state index contributed by atoms with van der Waals surface area (Å²) in [5.74, 6) is 3.43. The lowest BCUT2D eigenvalue weighted by Crippen LogP contribution is -2.28. The van der Waals surface area contributed by atoms with Crippen molar-refractivity contribution in [2.75, 3.05) is 6.61 Å². The average Bonchev–Trinajstić information content (AvgIpc) is 2.53. The van der Waals surface area contributed by atoms with Gasteiger partial charge in [0.25, 0.3) is 0 Å². The van der Waals surface area contributed by atoms with Gasteiger partial charge in [-0.05, 0) is 61.8 Å². The van der Waals surface area contributed by atoms with Crippen LogP contribution < -0.4 is 10.5 Å². The molecule has 1 fully saturated rings. The number of hydrogen-bond donors (Lipinski definition) is 1. The summed E-state index contributed by atoms with van der Waals surface area (Å²) >= 11 is 0. The molecule has 0 bridgehead atoms. The Kier molecular flexibility index (Phi) is 4.54. The molecule has 1 aliphatic carbocycles. The molecule has 0 spiro atoms. The van der Waals surface area contributed by atoms with Crippen molar-refractivity contribution in [2.24, 2.45) is 23.5 Å². The summed E-state index contributed by atoms with van der Waals surface area (Å²) in [4.78, 5) is 0. The van der Waals surface area contributed by atoms with Crippen LogP contribution in [0.15, 0.2) is 18.2 Å². The highest BCUT2D eigenvalue weighted by Crippen LogP contribution is 2.41. The fourth-order valence-electron chi connectivity index (χ4n) is 4.10. The summed E-state index contributed by atoms with van der Waals surface area (Å²) in [6, 6.07) is 6.68. The topological polar surface area (TPSA) is 35.2 Å². The van der Waals surface area contributed by atoms with Gasteiger partial charge in [-0.2, -0.15) is 0 Å². The SMILES string of the molecule is CC(C)C1CCC(C(N)c2cccc3c2OCCC3)CC1. The Morgan fingerprint density at radius 2 is 1.81 bits per heavy atom. The van der Waals surface area contributed by atoms with Gasteiger partial charge in [0.1, 0.15) is 5.75 Å². The quantitative estimate of drug-likeness (QED) is 0.890. The van der Waals surface area contributed by atoms with Crippen LogP contribution in [0, 0.1) is 17.8 Å². The molecule has 2 aliphatic rings. The maximum Gasteiger partial charge on any atom is 0.127 e. The van der Waals surface area contributed by atoms with Crippen LogP contribution in [0.1, 0.15) is 63.1 Å². The fourth-order valence-corrected chi connectivity index (χ4v) is 4.10. The summed E-state index contributed by atoms with van der Waals surface area (Å²) in [5, 5.41) is 0. The molecule has 1 aliphatic heterocycles. The number of aryl methyl sites for hydroxylation is 1. The maximum absolute atomic E-state index is 6.64. The molecule has 3 rings (SSSR count). The summed E-state index contributed by atoms with van der Waals surface area (Å²) in [6.07, 6.45) is 7.49. The predicted molar refractivity (Wildman–Crippen MR) is 87.5 cm³/mol. The molecule has 0 amide bonds. The molecular formula is C19H29NO. The third kappa shape index (κ3) is 3.11. The largest absolute Gasteiger partial charge is 0.493 e. The number of ether oxygens (including phenoxy) is 1. The van der Waals surface area contributed by atoms with E-state index in [1.165, 1.54) is 36.8 Å². The summed E-state index contributed by atoms with van der Waals surface area (Å²) < 4.78 is 5.95. The van der Waals surface area contributed by atoms with Gasteiger partial charge in [0.05, 0.1) is 6.61 Å². The van der Waals surface area contributed by atoms with Crippen LogP contribution in [0.5, 0.6) is 5.75 Å². The van der Waals surface area contributed by atoms with Crippen molar-refractivity contribution in [3.8, 4) is 5.75 Å². The molecule has 1 unspecified atom stereocenters. The zero-order valence-corrected chi connectivity index (χ0v) is 13.5. The summed E-state index contributed by atoms with van der Waals surface area (Å²) in [6.45, 7) is 5.55. The van der Waals surface area contributed by atoms with Crippen molar-refractivity contribution in [3.05, 3.63) is 29.3 Å². The number of benzene rings is 1. The zero-order chi connectivity index (χ0) is 14.8. The zero-order valence-electron chi connectivity index (χ0n) is 13.5. The highest BCUT2D eigenvalue weighted by atomic mass is 16.5. The summed E-state index contributed by atoms with van der Waals surface area (Å²) in [7, 11) is 0. The van der Waals surface area contributed by atoms with E-state index in [-0.39, 0.29) is 6.04 Å². The van der Waals surface area contributed by atoms with Crippen molar-refractivity contribution in [1.29, 1.82) is 0 Å². The minimum atomic E-state index is 0.145. The van der Waals surface area contributed by atoms with Gasteiger partial charge in [-0.15, -0.1) is 0 Å². The van der Waals surface area contributed by atoms with Crippen molar-refractivity contribution < 1.29 is 4.74 Å². The lowest BCUT2D eigenvalue weighted by atomic mass is 9.73. The lowest BCUT2D eigenvalue weighted by Gasteiger charge is -2.35. The molecule has 1 aromatic carbocycles. The van der Waals surface area contributed by atoms with Gasteiger partial charge >= 0.3 is 0 Å². The predicted octanol–water partition coefficient (Wildman–Crippen LogP) is 4.47. The Morgan fingerprint density at radius 3 is 2.52 bits per heavy atom. The molecule has 116 valence electrons. The molecule has 21 heavy (non-hydrogen) atoms. The highest BCUT2D eigenvalue weighted by Gasteiger charge is 2.30. The molecule has 2 N–H and O–H groups in total. The van der Waals surface area contributed by atoms with E-state index in [1.807, 2.05) is 0 Å². The first-order valence-electron chi connectivity index (χ1n) is 8.67. The van der Waals surface area contributed by atoms with Crippen LogP contribution in [0.2, 0.25) is 0 Å². The van der Waals surface area contributed by atoms with Crippen molar-refractivity contribution in [3.63, 3.8) is 0 Å². The summed E-state index contributed by atoms with van der Waals surface area (Å²) in [5.41, 5.74) is 9.24. The highest BCUT2D eigenvalue weighted by molar-refractivity contribution is 5.44. The number of fused-ring (bicyclic) bond motifs is 1. The van der Waals surface area contributed by atoms with Gasteiger partial charge in [0.2, 0.25) is 0 Å². The first-order valence-corrected chi connectivity index (χ1v) is 8.67. The second kappa shape index (κ2) is 6.39. The smallest absolute Gasteiger partial charge is 0.127 e. The van der Waals surface area contributed by atoms with E-state index in [2.05, 4.69) is 32.0 Å². The standard InChI is InChI=1S/C19H29NO/c1-13(2)14-8-10-15(11-9-14)18(20)17-7-3-5-16-6-4-12-21-19(16)17/h3,5,7,13-15,18H,4,6,8-12,20H2,1-2H3. The molecule has 1 atom stereocenters. The Morgan fingerprint density at radius 1 is 1.10 bits per heavy atom. The molecule has 1 saturated carbocycles.